The zero-order chi connectivity index (χ0) is 16.8. The van der Waals surface area contributed by atoms with E-state index in [9.17, 15) is 4.79 Å². The van der Waals surface area contributed by atoms with Crippen molar-refractivity contribution in [2.75, 3.05) is 14.2 Å². The molecule has 0 saturated carbocycles. The average molecular weight is 313 g/mol. The van der Waals surface area contributed by atoms with Gasteiger partial charge in [0.2, 0.25) is 5.91 Å². The molecule has 0 saturated heterocycles. The van der Waals surface area contributed by atoms with Crippen molar-refractivity contribution in [1.29, 1.82) is 0 Å². The molecular weight excluding hydrogens is 290 g/mol. The van der Waals surface area contributed by atoms with Crippen LogP contribution in [0.4, 0.5) is 0 Å². The van der Waals surface area contributed by atoms with Crippen LogP contribution in [-0.2, 0) is 11.2 Å². The Morgan fingerprint density at radius 2 is 1.78 bits per heavy atom. The number of ether oxygens (including phenoxy) is 2. The molecular formula is C19H23NO3. The number of nitrogens with one attached hydrogen (secondary N) is 1. The minimum atomic E-state index is -0.113. The first-order valence-electron chi connectivity index (χ1n) is 7.61. The number of hydrogen-bond acceptors (Lipinski definition) is 3. The summed E-state index contributed by atoms with van der Waals surface area (Å²) in [5.74, 6) is 1.59. The van der Waals surface area contributed by atoms with E-state index in [0.717, 1.165) is 28.2 Å². The maximum absolute atomic E-state index is 12.3. The number of para-hydroxylation sites is 1. The lowest BCUT2D eigenvalue weighted by Crippen LogP contribution is -2.28. The number of aryl methyl sites for hydroxylation is 1. The summed E-state index contributed by atoms with van der Waals surface area (Å²) in [4.78, 5) is 12.3. The van der Waals surface area contributed by atoms with Crippen molar-refractivity contribution in [1.82, 2.24) is 5.32 Å². The number of hydrogen-bond donors (Lipinski definition) is 1. The summed E-state index contributed by atoms with van der Waals surface area (Å²) < 4.78 is 10.6. The standard InChI is InChI=1S/C19H23NO3/c1-13-11-15(9-10-17(13)22-3)12-19(21)20-14(2)16-7-5-6-8-18(16)23-4/h5-11,14H,12H2,1-4H3,(H,20,21)/t14-/m1/s1. The molecule has 1 N–H and O–H groups in total. The Labute approximate surface area is 137 Å². The number of carbonyl (C=O) groups excluding carboxylic acids is 1. The van der Waals surface area contributed by atoms with Gasteiger partial charge in [-0.3, -0.25) is 4.79 Å². The highest BCUT2D eigenvalue weighted by Crippen LogP contribution is 2.24. The maximum atomic E-state index is 12.3. The summed E-state index contributed by atoms with van der Waals surface area (Å²) in [5.41, 5.74) is 2.96. The van der Waals surface area contributed by atoms with Gasteiger partial charge in [-0.2, -0.15) is 0 Å². The third-order valence-electron chi connectivity index (χ3n) is 3.81. The lowest BCUT2D eigenvalue weighted by atomic mass is 10.1. The molecule has 0 bridgehead atoms. The Balaban J connectivity index is 2.03. The molecule has 0 radical (unpaired) electrons. The smallest absolute Gasteiger partial charge is 0.224 e. The van der Waals surface area contributed by atoms with Crippen molar-refractivity contribution in [2.24, 2.45) is 0 Å². The average Bonchev–Trinajstić information content (AvgIpc) is 2.54. The highest BCUT2D eigenvalue weighted by Gasteiger charge is 2.14. The molecule has 0 aliphatic heterocycles. The van der Waals surface area contributed by atoms with Gasteiger partial charge in [-0.05, 0) is 37.1 Å². The summed E-state index contributed by atoms with van der Waals surface area (Å²) in [7, 11) is 3.27. The zero-order valence-corrected chi connectivity index (χ0v) is 14.1. The molecule has 0 aliphatic carbocycles. The van der Waals surface area contributed by atoms with Crippen molar-refractivity contribution in [2.45, 2.75) is 26.3 Å². The second-order valence-electron chi connectivity index (χ2n) is 5.51. The number of carbonyl (C=O) groups is 1. The summed E-state index contributed by atoms with van der Waals surface area (Å²) in [5, 5.41) is 3.02. The lowest BCUT2D eigenvalue weighted by Gasteiger charge is -2.17. The number of amides is 1. The molecule has 0 unspecified atom stereocenters. The van der Waals surface area contributed by atoms with E-state index in [4.69, 9.17) is 9.47 Å². The van der Waals surface area contributed by atoms with Crippen LogP contribution in [0.3, 0.4) is 0 Å². The molecule has 1 amide bonds. The van der Waals surface area contributed by atoms with Crippen LogP contribution in [0.1, 0.15) is 29.7 Å². The van der Waals surface area contributed by atoms with Gasteiger partial charge in [0.25, 0.3) is 0 Å². The molecule has 0 aliphatic rings. The van der Waals surface area contributed by atoms with Crippen LogP contribution in [0.15, 0.2) is 42.5 Å². The fourth-order valence-corrected chi connectivity index (χ4v) is 2.63. The van der Waals surface area contributed by atoms with Crippen molar-refractivity contribution in [3.8, 4) is 11.5 Å². The summed E-state index contributed by atoms with van der Waals surface area (Å²) in [6.07, 6.45) is 0.338. The quantitative estimate of drug-likeness (QED) is 0.889. The van der Waals surface area contributed by atoms with E-state index in [-0.39, 0.29) is 11.9 Å². The predicted octanol–water partition coefficient (Wildman–Crippen LogP) is 3.43. The highest BCUT2D eigenvalue weighted by molar-refractivity contribution is 5.79. The van der Waals surface area contributed by atoms with Crippen molar-refractivity contribution < 1.29 is 14.3 Å². The van der Waals surface area contributed by atoms with Gasteiger partial charge >= 0.3 is 0 Å². The zero-order valence-electron chi connectivity index (χ0n) is 14.1. The largest absolute Gasteiger partial charge is 0.496 e. The lowest BCUT2D eigenvalue weighted by molar-refractivity contribution is -0.121. The molecule has 23 heavy (non-hydrogen) atoms. The van der Waals surface area contributed by atoms with Crippen molar-refractivity contribution in [3.63, 3.8) is 0 Å². The first-order valence-corrected chi connectivity index (χ1v) is 7.61. The fraction of sp³-hybridized carbons (Fsp3) is 0.316. The second kappa shape index (κ2) is 7.68. The first kappa shape index (κ1) is 16.9. The second-order valence-corrected chi connectivity index (χ2v) is 5.51. The van der Waals surface area contributed by atoms with Gasteiger partial charge in [0.05, 0.1) is 26.7 Å². The third kappa shape index (κ3) is 4.25. The predicted molar refractivity (Wildman–Crippen MR) is 91.0 cm³/mol. The normalized spacial score (nSPS) is 11.7. The Kier molecular flexibility index (Phi) is 5.63. The minimum absolute atomic E-state index is 0.0204. The Morgan fingerprint density at radius 1 is 1.09 bits per heavy atom. The van der Waals surface area contributed by atoms with Gasteiger partial charge in [-0.15, -0.1) is 0 Å². The molecule has 0 heterocycles. The molecule has 2 aromatic rings. The van der Waals surface area contributed by atoms with E-state index < -0.39 is 0 Å². The van der Waals surface area contributed by atoms with Gasteiger partial charge in [0.1, 0.15) is 11.5 Å². The van der Waals surface area contributed by atoms with E-state index in [1.54, 1.807) is 14.2 Å². The van der Waals surface area contributed by atoms with Crippen molar-refractivity contribution >= 4 is 5.91 Å². The Bertz CT molecular complexity index is 682. The summed E-state index contributed by atoms with van der Waals surface area (Å²) in [6.45, 7) is 3.92. The van der Waals surface area contributed by atoms with Crippen LogP contribution < -0.4 is 14.8 Å². The van der Waals surface area contributed by atoms with E-state index in [2.05, 4.69) is 5.32 Å². The van der Waals surface area contributed by atoms with Gasteiger partial charge in [0.15, 0.2) is 0 Å². The first-order chi connectivity index (χ1) is 11.0. The van der Waals surface area contributed by atoms with E-state index >= 15 is 0 Å². The Hall–Kier alpha value is -2.49. The van der Waals surface area contributed by atoms with Crippen LogP contribution in [0.25, 0.3) is 0 Å². The highest BCUT2D eigenvalue weighted by atomic mass is 16.5. The van der Waals surface area contributed by atoms with Crippen LogP contribution in [0, 0.1) is 6.92 Å². The molecule has 0 spiro atoms. The van der Waals surface area contributed by atoms with Crippen LogP contribution >= 0.6 is 0 Å². The van der Waals surface area contributed by atoms with Gasteiger partial charge in [-0.1, -0.05) is 30.3 Å². The summed E-state index contributed by atoms with van der Waals surface area (Å²) in [6, 6.07) is 13.4. The van der Waals surface area contributed by atoms with E-state index in [0.29, 0.717) is 6.42 Å². The Morgan fingerprint density at radius 3 is 2.43 bits per heavy atom. The third-order valence-corrected chi connectivity index (χ3v) is 3.81. The van der Waals surface area contributed by atoms with Crippen LogP contribution in [-0.4, -0.2) is 20.1 Å². The van der Waals surface area contributed by atoms with Gasteiger partial charge in [-0.25, -0.2) is 0 Å². The molecule has 0 fully saturated rings. The minimum Gasteiger partial charge on any atom is -0.496 e. The van der Waals surface area contributed by atoms with Crippen LogP contribution in [0.2, 0.25) is 0 Å². The van der Waals surface area contributed by atoms with Crippen molar-refractivity contribution in [3.05, 3.63) is 59.2 Å². The molecule has 4 heteroatoms. The van der Waals surface area contributed by atoms with E-state index in [1.807, 2.05) is 56.3 Å². The molecule has 1 atom stereocenters. The molecule has 2 aromatic carbocycles. The molecule has 4 nitrogen and oxygen atoms in total. The number of benzene rings is 2. The molecule has 2 rings (SSSR count). The number of rotatable bonds is 6. The van der Waals surface area contributed by atoms with Crippen LogP contribution in [0.5, 0.6) is 11.5 Å². The fourth-order valence-electron chi connectivity index (χ4n) is 2.63. The summed E-state index contributed by atoms with van der Waals surface area (Å²) >= 11 is 0. The topological polar surface area (TPSA) is 47.6 Å². The molecule has 122 valence electrons. The monoisotopic (exact) mass is 313 g/mol. The van der Waals surface area contributed by atoms with Gasteiger partial charge < -0.3 is 14.8 Å². The molecule has 0 aromatic heterocycles. The SMILES string of the molecule is COc1ccc(CC(=O)N[C@H](C)c2ccccc2OC)cc1C. The maximum Gasteiger partial charge on any atom is 0.224 e. The van der Waals surface area contributed by atoms with E-state index in [1.165, 1.54) is 0 Å². The number of methoxy groups -OCH3 is 2. The van der Waals surface area contributed by atoms with Gasteiger partial charge in [0, 0.05) is 5.56 Å².